The largest absolute Gasteiger partial charge is 0.462 e. The fourth-order valence-electron chi connectivity index (χ4n) is 6.93. The van der Waals surface area contributed by atoms with E-state index in [4.69, 9.17) is 28.4 Å². The number of esters is 1. The Morgan fingerprint density at radius 2 is 1.53 bits per heavy atom. The summed E-state index contributed by atoms with van der Waals surface area (Å²) in [6.07, 6.45) is 1.85. The Morgan fingerprint density at radius 3 is 2.11 bits per heavy atom. The second-order valence-electron chi connectivity index (χ2n) is 14.4. The van der Waals surface area contributed by atoms with Crippen LogP contribution in [0.15, 0.2) is 30.3 Å². The van der Waals surface area contributed by atoms with Gasteiger partial charge in [0.2, 0.25) is 17.7 Å². The summed E-state index contributed by atoms with van der Waals surface area (Å²) in [6, 6.07) is 7.82. The average molecular weight is 750 g/mol. The lowest BCUT2D eigenvalue weighted by atomic mass is 9.90. The molecule has 6 unspecified atom stereocenters. The van der Waals surface area contributed by atoms with Gasteiger partial charge in [-0.15, -0.1) is 0 Å². The molecule has 0 aliphatic carbocycles. The molecule has 1 N–H and O–H groups in total. The fraction of sp³-hybridized carbons (Fsp3) is 0.750. The van der Waals surface area contributed by atoms with Crippen molar-refractivity contribution >= 4 is 23.7 Å². The smallest absolute Gasteiger partial charge is 0.329 e. The maximum atomic E-state index is 14.0. The van der Waals surface area contributed by atoms with Gasteiger partial charge in [0.1, 0.15) is 12.6 Å². The van der Waals surface area contributed by atoms with Gasteiger partial charge in [-0.25, -0.2) is 4.79 Å². The van der Waals surface area contributed by atoms with Crippen molar-refractivity contribution in [2.75, 3.05) is 74.6 Å². The van der Waals surface area contributed by atoms with Crippen molar-refractivity contribution in [1.29, 1.82) is 0 Å². The molecule has 0 aromatic heterocycles. The molecule has 0 saturated carbocycles. The third-order valence-electron chi connectivity index (χ3n) is 10.0. The van der Waals surface area contributed by atoms with Crippen molar-refractivity contribution in [1.82, 2.24) is 15.1 Å². The molecular weight excluding hydrogens is 682 g/mol. The lowest BCUT2D eigenvalue weighted by Gasteiger charge is -2.39. The van der Waals surface area contributed by atoms with Crippen LogP contribution in [0, 0.1) is 17.8 Å². The predicted octanol–water partition coefficient (Wildman–Crippen LogP) is 3.90. The number of carbonyl (C=O) groups excluding carboxylic acids is 4. The van der Waals surface area contributed by atoms with E-state index in [2.05, 4.69) is 19.2 Å². The molecule has 2 rings (SSSR count). The summed E-state index contributed by atoms with van der Waals surface area (Å²) in [5, 5.41) is 2.91. The number of ether oxygens (including phenoxy) is 6. The molecule has 1 aromatic carbocycles. The lowest BCUT2D eigenvalue weighted by molar-refractivity contribution is -0.151. The first kappa shape index (κ1) is 46.1. The topological polar surface area (TPSA) is 142 Å². The molecule has 1 fully saturated rings. The van der Waals surface area contributed by atoms with E-state index in [1.165, 1.54) is 0 Å². The minimum atomic E-state index is -0.945. The van der Waals surface area contributed by atoms with E-state index in [0.29, 0.717) is 45.8 Å². The zero-order chi connectivity index (χ0) is 39.3. The number of hydrogen-bond acceptors (Lipinski definition) is 10. The van der Waals surface area contributed by atoms with Gasteiger partial charge in [0, 0.05) is 47.8 Å². The molecule has 3 amide bonds. The second kappa shape index (κ2) is 25.1. The highest BCUT2D eigenvalue weighted by Gasteiger charge is 2.42. The van der Waals surface area contributed by atoms with E-state index in [1.54, 1.807) is 45.1 Å². The predicted molar refractivity (Wildman–Crippen MR) is 202 cm³/mol. The molecule has 0 radical (unpaired) electrons. The number of amides is 3. The number of rotatable bonds is 26. The van der Waals surface area contributed by atoms with Gasteiger partial charge in [0.05, 0.1) is 69.7 Å². The van der Waals surface area contributed by atoms with Gasteiger partial charge in [0.15, 0.2) is 0 Å². The highest BCUT2D eigenvalue weighted by Crippen LogP contribution is 2.29. The molecule has 1 heterocycles. The van der Waals surface area contributed by atoms with Crippen molar-refractivity contribution in [2.24, 2.45) is 17.8 Å². The van der Waals surface area contributed by atoms with E-state index in [0.717, 1.165) is 18.4 Å². The average Bonchev–Trinajstić information content (AvgIpc) is 3.63. The van der Waals surface area contributed by atoms with Crippen LogP contribution in [0.1, 0.15) is 72.3 Å². The minimum Gasteiger partial charge on any atom is -0.462 e. The number of methoxy groups -OCH3 is 3. The van der Waals surface area contributed by atoms with Crippen molar-refractivity contribution in [3.8, 4) is 0 Å². The highest BCUT2D eigenvalue weighted by molar-refractivity contribution is 5.86. The summed E-state index contributed by atoms with van der Waals surface area (Å²) in [6.45, 7) is 12.4. The van der Waals surface area contributed by atoms with Crippen molar-refractivity contribution < 1.29 is 47.6 Å². The lowest BCUT2D eigenvalue weighted by Crippen LogP contribution is -2.54. The first-order chi connectivity index (χ1) is 25.4. The van der Waals surface area contributed by atoms with Crippen LogP contribution in [0.25, 0.3) is 0 Å². The number of nitrogens with zero attached hydrogens (tertiary/aromatic N) is 2. The Kier molecular flexibility index (Phi) is 21.8. The van der Waals surface area contributed by atoms with Gasteiger partial charge >= 0.3 is 5.97 Å². The molecule has 302 valence electrons. The van der Waals surface area contributed by atoms with E-state index in [1.807, 2.05) is 44.2 Å². The van der Waals surface area contributed by atoms with Gasteiger partial charge in [-0.3, -0.25) is 14.4 Å². The summed E-state index contributed by atoms with van der Waals surface area (Å²) >= 11 is 0. The van der Waals surface area contributed by atoms with Crippen LogP contribution < -0.4 is 5.32 Å². The van der Waals surface area contributed by atoms with Crippen molar-refractivity contribution in [2.45, 2.75) is 103 Å². The Morgan fingerprint density at radius 1 is 0.887 bits per heavy atom. The number of likely N-dealkylation sites (tertiary alicyclic amines) is 1. The first-order valence-electron chi connectivity index (χ1n) is 19.2. The second-order valence-corrected chi connectivity index (χ2v) is 14.4. The Bertz CT molecular complexity index is 1220. The van der Waals surface area contributed by atoms with Gasteiger partial charge in [0.25, 0.3) is 0 Å². The van der Waals surface area contributed by atoms with Crippen LogP contribution in [-0.2, 0) is 54.0 Å². The van der Waals surface area contributed by atoms with E-state index >= 15 is 0 Å². The van der Waals surface area contributed by atoms with Crippen LogP contribution in [0.4, 0.5) is 0 Å². The number of hydrogen-bond donors (Lipinski definition) is 1. The maximum Gasteiger partial charge on any atom is 0.329 e. The minimum absolute atomic E-state index is 0.0233. The van der Waals surface area contributed by atoms with Crippen LogP contribution in [0.5, 0.6) is 0 Å². The summed E-state index contributed by atoms with van der Waals surface area (Å²) in [5.41, 5.74) is 0.864. The van der Waals surface area contributed by atoms with Crippen LogP contribution >= 0.6 is 0 Å². The van der Waals surface area contributed by atoms with E-state index < -0.39 is 30.1 Å². The summed E-state index contributed by atoms with van der Waals surface area (Å²) < 4.78 is 33.2. The molecule has 1 aromatic rings. The zero-order valence-electron chi connectivity index (χ0n) is 33.7. The molecular formula is C40H67N3O10. The SMILES string of the molecule is CC[C@H](C)C(C(CC(=O)N1CCCC1C(OC)C(C)C(=O)NC(Cc1ccccc1)C(=O)OCCOCCOCCOC)OC)N(C)C(=O)CC(C)C. The number of nitrogens with one attached hydrogen (secondary N) is 1. The fourth-order valence-corrected chi connectivity index (χ4v) is 6.93. The van der Waals surface area contributed by atoms with Gasteiger partial charge in [-0.05, 0) is 30.2 Å². The number of carbonyl (C=O) groups is 4. The third-order valence-corrected chi connectivity index (χ3v) is 10.0. The van der Waals surface area contributed by atoms with Crippen LogP contribution in [0.2, 0.25) is 0 Å². The molecule has 13 heteroatoms. The number of likely N-dealkylation sites (N-methyl/N-ethyl adjacent to an activating group) is 1. The number of benzene rings is 1. The van der Waals surface area contributed by atoms with Gasteiger partial charge in [-0.1, -0.05) is 71.4 Å². The monoisotopic (exact) mass is 749 g/mol. The zero-order valence-corrected chi connectivity index (χ0v) is 33.7. The van der Waals surface area contributed by atoms with Crippen molar-refractivity contribution in [3.63, 3.8) is 0 Å². The first-order valence-corrected chi connectivity index (χ1v) is 19.2. The Hall–Kier alpha value is -3.10. The van der Waals surface area contributed by atoms with Crippen molar-refractivity contribution in [3.05, 3.63) is 35.9 Å². The van der Waals surface area contributed by atoms with Crippen LogP contribution in [0.3, 0.4) is 0 Å². The van der Waals surface area contributed by atoms with E-state index in [-0.39, 0.29) is 67.7 Å². The quantitative estimate of drug-likeness (QED) is 0.110. The molecule has 0 bridgehead atoms. The Labute approximate surface area is 317 Å². The van der Waals surface area contributed by atoms with E-state index in [9.17, 15) is 19.2 Å². The molecule has 1 saturated heterocycles. The molecule has 53 heavy (non-hydrogen) atoms. The Balaban J connectivity index is 2.13. The molecule has 1 aliphatic rings. The molecule has 1 aliphatic heterocycles. The summed E-state index contributed by atoms with van der Waals surface area (Å²) in [4.78, 5) is 57.8. The summed E-state index contributed by atoms with van der Waals surface area (Å²) in [5.74, 6) is -1.41. The summed E-state index contributed by atoms with van der Waals surface area (Å²) in [7, 11) is 6.53. The third kappa shape index (κ3) is 15.3. The molecule has 13 nitrogen and oxygen atoms in total. The molecule has 7 atom stereocenters. The van der Waals surface area contributed by atoms with Crippen LogP contribution in [-0.4, -0.2) is 138 Å². The van der Waals surface area contributed by atoms with Gasteiger partial charge in [-0.2, -0.15) is 0 Å². The van der Waals surface area contributed by atoms with Gasteiger partial charge < -0.3 is 43.5 Å². The molecule has 0 spiro atoms. The maximum absolute atomic E-state index is 14.0. The normalized spacial score (nSPS) is 17.8. The highest BCUT2D eigenvalue weighted by atomic mass is 16.6. The standard InChI is InChI=1S/C40H67N3O10/c1-10-29(4)37(42(6)35(44)25-28(2)3)34(49-8)27-36(45)43-18-14-17-33(43)38(50-9)30(5)39(46)41-32(26-31-15-12-11-13-16-31)40(47)53-24-23-52-22-21-51-20-19-48-7/h11-13,15-16,28-30,32-34,37-38H,10,14,17-27H2,1-9H3,(H,41,46)/t29-,30?,32?,33?,34?,37?,38?/m0/s1.